The van der Waals surface area contributed by atoms with Gasteiger partial charge in [0.05, 0.1) is 0 Å². The van der Waals surface area contributed by atoms with Gasteiger partial charge in [-0.05, 0) is 24.7 Å². The van der Waals surface area contributed by atoms with Gasteiger partial charge in [-0.15, -0.1) is 11.8 Å². The lowest BCUT2D eigenvalue weighted by Gasteiger charge is -2.19. The topological polar surface area (TPSA) is 50.9 Å². The van der Waals surface area contributed by atoms with E-state index < -0.39 is 0 Å². The number of pyridine rings is 1. The normalized spacial score (nSPS) is 12.3. The van der Waals surface area contributed by atoms with Crippen molar-refractivity contribution in [2.45, 2.75) is 17.9 Å². The van der Waals surface area contributed by atoms with Gasteiger partial charge in [-0.3, -0.25) is 0 Å². The van der Waals surface area contributed by atoms with Gasteiger partial charge in [0.1, 0.15) is 5.82 Å². The number of rotatable bonds is 6. The molecule has 0 amide bonds. The molecule has 2 rings (SSSR count). The highest BCUT2D eigenvalue weighted by molar-refractivity contribution is 7.99. The number of nitrogens with zero attached hydrogens (tertiary/aromatic N) is 1. The zero-order chi connectivity index (χ0) is 13.5. The second kappa shape index (κ2) is 7.16. The molecule has 0 bridgehead atoms. The zero-order valence-corrected chi connectivity index (χ0v) is 11.9. The summed E-state index contributed by atoms with van der Waals surface area (Å²) in [5.41, 5.74) is 7.04. The molecular formula is C15H19N3S. The summed E-state index contributed by atoms with van der Waals surface area (Å²) in [6, 6.07) is 14.6. The molecule has 0 fully saturated rings. The van der Waals surface area contributed by atoms with Crippen LogP contribution in [0, 0.1) is 0 Å². The predicted octanol–water partition coefficient (Wildman–Crippen LogP) is 3.11. The highest BCUT2D eigenvalue weighted by atomic mass is 32.2. The molecule has 3 N–H and O–H groups in total. The highest BCUT2D eigenvalue weighted by Gasteiger charge is 2.13. The first-order chi connectivity index (χ1) is 9.31. The van der Waals surface area contributed by atoms with Crippen LogP contribution in [0.4, 0.5) is 5.82 Å². The molecule has 1 unspecified atom stereocenters. The number of hydrogen-bond acceptors (Lipinski definition) is 4. The molecule has 3 nitrogen and oxygen atoms in total. The molecule has 1 aromatic heterocycles. The van der Waals surface area contributed by atoms with Crippen molar-refractivity contribution < 1.29 is 0 Å². The summed E-state index contributed by atoms with van der Waals surface area (Å²) in [4.78, 5) is 5.44. The van der Waals surface area contributed by atoms with Gasteiger partial charge in [0.25, 0.3) is 0 Å². The van der Waals surface area contributed by atoms with E-state index in [9.17, 15) is 0 Å². The minimum atomic E-state index is 0.226. The van der Waals surface area contributed by atoms with Crippen LogP contribution in [-0.2, 0) is 0 Å². The maximum absolute atomic E-state index is 5.96. The summed E-state index contributed by atoms with van der Waals surface area (Å²) < 4.78 is 0. The van der Waals surface area contributed by atoms with Gasteiger partial charge in [-0.1, -0.05) is 31.2 Å². The van der Waals surface area contributed by atoms with Gasteiger partial charge in [-0.2, -0.15) is 0 Å². The smallest absolute Gasteiger partial charge is 0.128 e. The lowest BCUT2D eigenvalue weighted by Crippen LogP contribution is -2.24. The Kier molecular flexibility index (Phi) is 5.24. The first kappa shape index (κ1) is 13.9. The Morgan fingerprint density at radius 1 is 1.21 bits per heavy atom. The Balaban J connectivity index is 2.07. The standard InChI is InChI=1S/C15H19N3S/c1-2-17-14(13-9-6-10-18-15(13)16)11-19-12-7-4-3-5-8-12/h3-10,14,17H,2,11H2,1H3,(H2,16,18). The van der Waals surface area contributed by atoms with Gasteiger partial charge in [0.15, 0.2) is 0 Å². The Hall–Kier alpha value is -1.52. The molecule has 0 aliphatic heterocycles. The number of nitrogens with two attached hydrogens (primary N) is 1. The summed E-state index contributed by atoms with van der Waals surface area (Å²) in [7, 11) is 0. The van der Waals surface area contributed by atoms with Crippen molar-refractivity contribution in [3.05, 3.63) is 54.2 Å². The minimum absolute atomic E-state index is 0.226. The third-order valence-corrected chi connectivity index (χ3v) is 3.96. The van der Waals surface area contributed by atoms with Crippen LogP contribution in [0.15, 0.2) is 53.6 Å². The molecule has 0 aliphatic rings. The molecule has 1 aromatic carbocycles. The fourth-order valence-corrected chi connectivity index (χ4v) is 2.93. The minimum Gasteiger partial charge on any atom is -0.383 e. The van der Waals surface area contributed by atoms with Crippen molar-refractivity contribution in [1.29, 1.82) is 0 Å². The molecule has 2 aromatic rings. The van der Waals surface area contributed by atoms with Crippen molar-refractivity contribution in [1.82, 2.24) is 10.3 Å². The molecule has 19 heavy (non-hydrogen) atoms. The number of thioether (sulfide) groups is 1. The number of nitrogen functional groups attached to an aromatic ring is 1. The lowest BCUT2D eigenvalue weighted by molar-refractivity contribution is 0.606. The maximum atomic E-state index is 5.96. The maximum Gasteiger partial charge on any atom is 0.128 e. The van der Waals surface area contributed by atoms with E-state index in [1.54, 1.807) is 6.20 Å². The van der Waals surface area contributed by atoms with Crippen LogP contribution in [0.2, 0.25) is 0 Å². The number of anilines is 1. The fourth-order valence-electron chi connectivity index (χ4n) is 1.93. The highest BCUT2D eigenvalue weighted by Crippen LogP contribution is 2.26. The number of benzene rings is 1. The van der Waals surface area contributed by atoms with Crippen molar-refractivity contribution in [2.75, 3.05) is 18.0 Å². The third kappa shape index (κ3) is 3.98. The SMILES string of the molecule is CCNC(CSc1ccccc1)c1cccnc1N. The van der Waals surface area contributed by atoms with E-state index in [1.807, 2.05) is 30.0 Å². The molecule has 0 aliphatic carbocycles. The molecule has 0 saturated carbocycles. The first-order valence-electron chi connectivity index (χ1n) is 6.43. The van der Waals surface area contributed by atoms with E-state index in [-0.39, 0.29) is 6.04 Å². The third-order valence-electron chi connectivity index (χ3n) is 2.86. The van der Waals surface area contributed by atoms with Gasteiger partial charge < -0.3 is 11.1 Å². The molecule has 0 spiro atoms. The Morgan fingerprint density at radius 3 is 2.68 bits per heavy atom. The molecule has 1 heterocycles. The van der Waals surface area contributed by atoms with Crippen LogP contribution in [0.25, 0.3) is 0 Å². The first-order valence-corrected chi connectivity index (χ1v) is 7.41. The quantitative estimate of drug-likeness (QED) is 0.794. The Labute approximate surface area is 118 Å². The Morgan fingerprint density at radius 2 is 2.00 bits per heavy atom. The number of hydrogen-bond donors (Lipinski definition) is 2. The molecule has 100 valence electrons. The summed E-state index contributed by atoms with van der Waals surface area (Å²) in [6.07, 6.45) is 1.73. The van der Waals surface area contributed by atoms with Crippen LogP contribution in [0.5, 0.6) is 0 Å². The van der Waals surface area contributed by atoms with E-state index in [4.69, 9.17) is 5.73 Å². The van der Waals surface area contributed by atoms with Crippen LogP contribution in [0.3, 0.4) is 0 Å². The zero-order valence-electron chi connectivity index (χ0n) is 11.0. The van der Waals surface area contributed by atoms with Crippen molar-refractivity contribution in [3.63, 3.8) is 0 Å². The van der Waals surface area contributed by atoms with E-state index in [0.29, 0.717) is 5.82 Å². The van der Waals surface area contributed by atoms with E-state index >= 15 is 0 Å². The monoisotopic (exact) mass is 273 g/mol. The largest absolute Gasteiger partial charge is 0.383 e. The average molecular weight is 273 g/mol. The van der Waals surface area contributed by atoms with Crippen molar-refractivity contribution >= 4 is 17.6 Å². The fraction of sp³-hybridized carbons (Fsp3) is 0.267. The van der Waals surface area contributed by atoms with Gasteiger partial charge >= 0.3 is 0 Å². The van der Waals surface area contributed by atoms with Gasteiger partial charge in [0.2, 0.25) is 0 Å². The van der Waals surface area contributed by atoms with Crippen LogP contribution in [0.1, 0.15) is 18.5 Å². The van der Waals surface area contributed by atoms with E-state index in [1.165, 1.54) is 4.90 Å². The number of aromatic nitrogens is 1. The molecule has 1 atom stereocenters. The molecule has 4 heteroatoms. The molecule has 0 saturated heterocycles. The van der Waals surface area contributed by atoms with E-state index in [2.05, 4.69) is 41.5 Å². The Bertz CT molecular complexity index is 502. The van der Waals surface area contributed by atoms with Crippen LogP contribution in [-0.4, -0.2) is 17.3 Å². The van der Waals surface area contributed by atoms with Gasteiger partial charge in [0, 0.05) is 28.5 Å². The molecular weight excluding hydrogens is 254 g/mol. The predicted molar refractivity (Wildman–Crippen MR) is 82.2 cm³/mol. The second-order valence-corrected chi connectivity index (χ2v) is 5.31. The second-order valence-electron chi connectivity index (χ2n) is 4.21. The summed E-state index contributed by atoms with van der Waals surface area (Å²) >= 11 is 1.83. The number of nitrogens with one attached hydrogen (secondary N) is 1. The summed E-state index contributed by atoms with van der Waals surface area (Å²) in [6.45, 7) is 3.01. The summed E-state index contributed by atoms with van der Waals surface area (Å²) in [5, 5.41) is 3.47. The molecule has 0 radical (unpaired) electrons. The van der Waals surface area contributed by atoms with Crippen LogP contribution >= 0.6 is 11.8 Å². The average Bonchev–Trinajstić information content (AvgIpc) is 2.45. The lowest BCUT2D eigenvalue weighted by atomic mass is 10.1. The van der Waals surface area contributed by atoms with Gasteiger partial charge in [-0.25, -0.2) is 4.98 Å². The van der Waals surface area contributed by atoms with Crippen molar-refractivity contribution in [2.24, 2.45) is 0 Å². The van der Waals surface area contributed by atoms with E-state index in [0.717, 1.165) is 17.9 Å². The van der Waals surface area contributed by atoms with Crippen molar-refractivity contribution in [3.8, 4) is 0 Å². The summed E-state index contributed by atoms with van der Waals surface area (Å²) in [5.74, 6) is 1.55. The van der Waals surface area contributed by atoms with Crippen LogP contribution < -0.4 is 11.1 Å².